The van der Waals surface area contributed by atoms with Crippen LogP contribution in [0, 0.1) is 5.82 Å². The van der Waals surface area contributed by atoms with Gasteiger partial charge in [0, 0.05) is 43.4 Å². The summed E-state index contributed by atoms with van der Waals surface area (Å²) in [5.41, 5.74) is 8.27. The highest BCUT2D eigenvalue weighted by atomic mass is 19.1. The third-order valence-corrected chi connectivity index (χ3v) is 3.68. The van der Waals surface area contributed by atoms with Gasteiger partial charge in [-0.1, -0.05) is 0 Å². The van der Waals surface area contributed by atoms with Crippen molar-refractivity contribution in [3.8, 4) is 5.75 Å². The largest absolute Gasteiger partial charge is 0.497 e. The highest BCUT2D eigenvalue weighted by molar-refractivity contribution is 5.31. The van der Waals surface area contributed by atoms with Crippen LogP contribution >= 0.6 is 0 Å². The molecule has 6 heteroatoms. The summed E-state index contributed by atoms with van der Waals surface area (Å²) in [6.45, 7) is 2.05. The van der Waals surface area contributed by atoms with E-state index in [1.54, 1.807) is 25.4 Å². The number of rotatable bonds is 3. The average molecular weight is 288 g/mol. The molecule has 2 heterocycles. The van der Waals surface area contributed by atoms with Gasteiger partial charge in [0.2, 0.25) is 5.95 Å². The van der Waals surface area contributed by atoms with Gasteiger partial charge >= 0.3 is 0 Å². The molecule has 1 aliphatic rings. The van der Waals surface area contributed by atoms with Crippen molar-refractivity contribution < 1.29 is 9.13 Å². The number of hydrogen-bond donors (Lipinski definition) is 1. The Morgan fingerprint density at radius 1 is 1.43 bits per heavy atom. The Kier molecular flexibility index (Phi) is 3.70. The number of nitrogen functional groups attached to an aromatic ring is 1. The second-order valence-corrected chi connectivity index (χ2v) is 5.12. The molecule has 0 fully saturated rings. The Morgan fingerprint density at radius 2 is 2.29 bits per heavy atom. The molecule has 0 amide bonds. The third-order valence-electron chi connectivity index (χ3n) is 3.68. The van der Waals surface area contributed by atoms with Crippen LogP contribution in [0.3, 0.4) is 0 Å². The summed E-state index contributed by atoms with van der Waals surface area (Å²) in [6.07, 6.45) is 2.55. The van der Waals surface area contributed by atoms with E-state index in [1.165, 1.54) is 6.07 Å². The van der Waals surface area contributed by atoms with Crippen molar-refractivity contribution in [2.24, 2.45) is 0 Å². The van der Waals surface area contributed by atoms with E-state index in [-0.39, 0.29) is 5.82 Å². The Balaban J connectivity index is 1.76. The lowest BCUT2D eigenvalue weighted by atomic mass is 10.1. The van der Waals surface area contributed by atoms with Crippen molar-refractivity contribution in [2.45, 2.75) is 19.5 Å². The molecule has 0 aliphatic carbocycles. The molecule has 2 aromatic rings. The number of benzene rings is 1. The predicted octanol–water partition coefficient (Wildman–Crippen LogP) is 1.76. The minimum Gasteiger partial charge on any atom is -0.497 e. The molecule has 2 N–H and O–H groups in total. The van der Waals surface area contributed by atoms with Crippen molar-refractivity contribution >= 4 is 5.95 Å². The van der Waals surface area contributed by atoms with Crippen molar-refractivity contribution in [3.05, 3.63) is 47.0 Å². The number of ether oxygens (including phenoxy) is 1. The van der Waals surface area contributed by atoms with E-state index >= 15 is 0 Å². The molecular formula is C15H17FN4O. The maximum atomic E-state index is 13.9. The Morgan fingerprint density at radius 3 is 3.10 bits per heavy atom. The van der Waals surface area contributed by atoms with Crippen molar-refractivity contribution in [3.63, 3.8) is 0 Å². The summed E-state index contributed by atoms with van der Waals surface area (Å²) in [6, 6.07) is 4.81. The van der Waals surface area contributed by atoms with Crippen LogP contribution in [0.4, 0.5) is 10.3 Å². The Bertz CT molecular complexity index is 662. The number of fused-ring (bicyclic) bond motifs is 1. The van der Waals surface area contributed by atoms with Gasteiger partial charge in [-0.2, -0.15) is 0 Å². The van der Waals surface area contributed by atoms with E-state index in [9.17, 15) is 4.39 Å². The van der Waals surface area contributed by atoms with Crippen LogP contribution in [-0.2, 0) is 19.5 Å². The quantitative estimate of drug-likeness (QED) is 0.932. The molecule has 0 unspecified atom stereocenters. The number of halogens is 1. The summed E-state index contributed by atoms with van der Waals surface area (Å²) in [4.78, 5) is 10.4. The molecule has 1 aliphatic heterocycles. The summed E-state index contributed by atoms with van der Waals surface area (Å²) >= 11 is 0. The number of nitrogens with zero attached hydrogens (tertiary/aromatic N) is 3. The number of nitrogens with two attached hydrogens (primary N) is 1. The van der Waals surface area contributed by atoms with Crippen LogP contribution in [0.5, 0.6) is 5.75 Å². The van der Waals surface area contributed by atoms with Crippen molar-refractivity contribution in [1.29, 1.82) is 0 Å². The summed E-state index contributed by atoms with van der Waals surface area (Å²) in [7, 11) is 1.58. The Labute approximate surface area is 122 Å². The fraction of sp³-hybridized carbons (Fsp3) is 0.333. The zero-order chi connectivity index (χ0) is 14.8. The van der Waals surface area contributed by atoms with Crippen LogP contribution in [0.1, 0.15) is 16.8 Å². The maximum absolute atomic E-state index is 13.9. The molecule has 0 saturated carbocycles. The van der Waals surface area contributed by atoms with Crippen molar-refractivity contribution in [2.75, 3.05) is 19.4 Å². The molecular weight excluding hydrogens is 271 g/mol. The van der Waals surface area contributed by atoms with E-state index in [1.807, 2.05) is 0 Å². The molecule has 1 aromatic carbocycles. The van der Waals surface area contributed by atoms with Gasteiger partial charge in [-0.15, -0.1) is 0 Å². The van der Waals surface area contributed by atoms with Crippen LogP contribution in [0.2, 0.25) is 0 Å². The van der Waals surface area contributed by atoms with Gasteiger partial charge < -0.3 is 10.5 Å². The topological polar surface area (TPSA) is 64.3 Å². The van der Waals surface area contributed by atoms with Crippen LogP contribution < -0.4 is 10.5 Å². The fourth-order valence-electron chi connectivity index (χ4n) is 2.57. The molecule has 0 spiro atoms. The monoisotopic (exact) mass is 288 g/mol. The summed E-state index contributed by atoms with van der Waals surface area (Å²) < 4.78 is 19.0. The second kappa shape index (κ2) is 5.65. The average Bonchev–Trinajstić information content (AvgIpc) is 2.49. The summed E-state index contributed by atoms with van der Waals surface area (Å²) in [5.74, 6) is 0.760. The zero-order valence-corrected chi connectivity index (χ0v) is 11.8. The normalized spacial score (nSPS) is 14.8. The van der Waals surface area contributed by atoms with Crippen LogP contribution in [0.15, 0.2) is 24.4 Å². The highest BCUT2D eigenvalue weighted by Crippen LogP contribution is 2.22. The first kappa shape index (κ1) is 13.8. The van der Waals surface area contributed by atoms with E-state index in [0.717, 1.165) is 24.2 Å². The van der Waals surface area contributed by atoms with Gasteiger partial charge in [-0.05, 0) is 18.2 Å². The zero-order valence-electron chi connectivity index (χ0n) is 11.8. The number of hydrogen-bond acceptors (Lipinski definition) is 5. The standard InChI is InChI=1S/C15H17FN4O/c1-21-12-2-3-13(16)10(6-12)8-20-5-4-14-11(9-20)7-18-15(17)19-14/h2-3,6-7H,4-5,8-9H2,1H3,(H2,17,18,19). The molecule has 0 atom stereocenters. The number of aromatic nitrogens is 2. The first-order valence-electron chi connectivity index (χ1n) is 6.81. The lowest BCUT2D eigenvalue weighted by molar-refractivity contribution is 0.239. The third kappa shape index (κ3) is 2.95. The van der Waals surface area contributed by atoms with Gasteiger partial charge in [0.1, 0.15) is 11.6 Å². The first-order valence-corrected chi connectivity index (χ1v) is 6.81. The van der Waals surface area contributed by atoms with Gasteiger partial charge in [0.05, 0.1) is 12.8 Å². The van der Waals surface area contributed by atoms with Gasteiger partial charge in [-0.3, -0.25) is 4.90 Å². The molecule has 3 rings (SSSR count). The number of methoxy groups -OCH3 is 1. The molecule has 0 bridgehead atoms. The fourth-order valence-corrected chi connectivity index (χ4v) is 2.57. The molecule has 1 aromatic heterocycles. The van der Waals surface area contributed by atoms with Crippen LogP contribution in [-0.4, -0.2) is 28.5 Å². The van der Waals surface area contributed by atoms with E-state index in [0.29, 0.717) is 30.4 Å². The highest BCUT2D eigenvalue weighted by Gasteiger charge is 2.19. The number of anilines is 1. The summed E-state index contributed by atoms with van der Waals surface area (Å²) in [5, 5.41) is 0. The van der Waals surface area contributed by atoms with E-state index in [2.05, 4.69) is 14.9 Å². The molecule has 0 saturated heterocycles. The van der Waals surface area contributed by atoms with Crippen molar-refractivity contribution in [1.82, 2.24) is 14.9 Å². The predicted molar refractivity (Wildman–Crippen MR) is 77.2 cm³/mol. The van der Waals surface area contributed by atoms with E-state index < -0.39 is 0 Å². The molecule has 110 valence electrons. The lowest BCUT2D eigenvalue weighted by Gasteiger charge is -2.28. The molecule has 0 radical (unpaired) electrons. The second-order valence-electron chi connectivity index (χ2n) is 5.12. The van der Waals surface area contributed by atoms with E-state index in [4.69, 9.17) is 10.5 Å². The molecule has 5 nitrogen and oxygen atoms in total. The first-order chi connectivity index (χ1) is 10.2. The lowest BCUT2D eigenvalue weighted by Crippen LogP contribution is -2.31. The molecule has 21 heavy (non-hydrogen) atoms. The SMILES string of the molecule is COc1ccc(F)c(CN2CCc3nc(N)ncc3C2)c1. The van der Waals surface area contributed by atoms with Gasteiger partial charge in [0.15, 0.2) is 0 Å². The van der Waals surface area contributed by atoms with Gasteiger partial charge in [0.25, 0.3) is 0 Å². The van der Waals surface area contributed by atoms with Gasteiger partial charge in [-0.25, -0.2) is 14.4 Å². The Hall–Kier alpha value is -2.21. The smallest absolute Gasteiger partial charge is 0.220 e. The van der Waals surface area contributed by atoms with Crippen LogP contribution in [0.25, 0.3) is 0 Å². The minimum atomic E-state index is -0.213. The minimum absolute atomic E-state index is 0.213. The maximum Gasteiger partial charge on any atom is 0.220 e.